The van der Waals surface area contributed by atoms with Crippen LogP contribution in [0.3, 0.4) is 0 Å². The van der Waals surface area contributed by atoms with E-state index in [1.54, 1.807) is 0 Å². The lowest BCUT2D eigenvalue weighted by Gasteiger charge is -1.90. The topological polar surface area (TPSA) is 17.1 Å². The predicted octanol–water partition coefficient (Wildman–Crippen LogP) is -0.573. The van der Waals surface area contributed by atoms with Crippen LogP contribution in [0.25, 0.3) is 0 Å². The summed E-state index contributed by atoms with van der Waals surface area (Å²) in [6.45, 7) is 4.04. The third kappa shape index (κ3) is 2.55. The van der Waals surface area contributed by atoms with Crippen LogP contribution in [0.15, 0.2) is 0 Å². The second kappa shape index (κ2) is 2.95. The van der Waals surface area contributed by atoms with Crippen LogP contribution in [0.4, 0.5) is 4.79 Å². The molecule has 0 unspecified atom stereocenters. The highest BCUT2D eigenvalue weighted by Gasteiger charge is 2.06. The minimum atomic E-state index is 0.227. The van der Waals surface area contributed by atoms with Crippen molar-refractivity contribution in [3.63, 3.8) is 0 Å². The van der Waals surface area contributed by atoms with Gasteiger partial charge in [-0.05, 0) is 0 Å². The molecule has 1 nitrogen and oxygen atoms in total. The van der Waals surface area contributed by atoms with Gasteiger partial charge in [-0.3, -0.25) is 0 Å². The lowest BCUT2D eigenvalue weighted by atomic mass is 9.26. The fourth-order valence-electron chi connectivity index (χ4n) is 0.408. The van der Waals surface area contributed by atoms with E-state index in [1.807, 2.05) is 21.4 Å². The van der Waals surface area contributed by atoms with E-state index in [4.69, 9.17) is 0 Å². The van der Waals surface area contributed by atoms with Crippen molar-refractivity contribution >= 4 is 27.2 Å². The second-order valence-corrected chi connectivity index (χ2v) is 1.97. The molecule has 0 bridgehead atoms. The molecule has 4 heteroatoms. The summed E-state index contributed by atoms with van der Waals surface area (Å²) in [7, 11) is 2.60. The Hall–Kier alpha value is -0.135. The molecule has 0 aliphatic rings. The van der Waals surface area contributed by atoms with Gasteiger partial charge in [-0.25, -0.2) is 0 Å². The molecule has 0 radical (unpaired) electrons. The van der Waals surface area contributed by atoms with E-state index < -0.39 is 0 Å². The number of hydrogen-bond donors (Lipinski definition) is 0. The maximum Gasteiger partial charge on any atom is 0.188 e. The molecule has 0 saturated carbocycles. The summed E-state index contributed by atoms with van der Waals surface area (Å²) in [5, 5.41) is 0. The maximum absolute atomic E-state index is 10.5. The second-order valence-electron chi connectivity index (χ2n) is 1.97. The van der Waals surface area contributed by atoms with Gasteiger partial charge in [-0.2, -0.15) is 0 Å². The van der Waals surface area contributed by atoms with Gasteiger partial charge in [0.05, 0.1) is 7.74 Å². The molecule has 0 aliphatic heterocycles. The summed E-state index contributed by atoms with van der Waals surface area (Å²) in [5.41, 5.74) is 0.347. The van der Waals surface area contributed by atoms with Gasteiger partial charge < -0.3 is 4.79 Å². The summed E-state index contributed by atoms with van der Waals surface area (Å²) in [5.74, 6) is 0. The largest absolute Gasteiger partial charge is 0.323 e. The van der Waals surface area contributed by atoms with E-state index in [-0.39, 0.29) is 6.60 Å². The molecule has 0 aromatic heterocycles. The van der Waals surface area contributed by atoms with Gasteiger partial charge >= 0.3 is 0 Å². The Morgan fingerprint density at radius 3 is 2.29 bits per heavy atom. The molecule has 0 N–H and O–H groups in total. The van der Waals surface area contributed by atoms with E-state index in [1.165, 1.54) is 0 Å². The highest BCUT2D eigenvalue weighted by molar-refractivity contribution is 7.30. The highest BCUT2D eigenvalue weighted by atomic mass is 16.1. The van der Waals surface area contributed by atoms with Crippen LogP contribution in [0.5, 0.6) is 0 Å². The Bertz CT molecular complexity index is 70.6. The Kier molecular flexibility index (Phi) is 2.89. The van der Waals surface area contributed by atoms with Gasteiger partial charge in [-0.1, -0.05) is 13.6 Å². The van der Waals surface area contributed by atoms with Crippen LogP contribution in [-0.4, -0.2) is 27.2 Å². The number of carbonyl (C=O) groups is 1. The first-order valence-corrected chi connectivity index (χ1v) is 2.71. The lowest BCUT2D eigenvalue weighted by molar-refractivity contribution is 0.274. The minimum absolute atomic E-state index is 0.227. The average Bonchev–Trinajstić information content (AvgIpc) is 1.65. The monoisotopic (exact) mass is 94.1 g/mol. The van der Waals surface area contributed by atoms with Crippen molar-refractivity contribution in [2.75, 3.05) is 0 Å². The predicted molar refractivity (Wildman–Crippen MR) is 38.6 cm³/mol. The molecule has 36 valence electrons. The third-order valence-electron chi connectivity index (χ3n) is 0.992. The smallest absolute Gasteiger partial charge is 0.188 e. The van der Waals surface area contributed by atoms with E-state index >= 15 is 0 Å². The van der Waals surface area contributed by atoms with Gasteiger partial charge in [0.2, 0.25) is 0 Å². The van der Waals surface area contributed by atoms with Gasteiger partial charge in [0.15, 0.2) is 13.9 Å². The van der Waals surface area contributed by atoms with Gasteiger partial charge in [0.25, 0.3) is 0 Å². The Labute approximate surface area is 46.6 Å². The zero-order chi connectivity index (χ0) is 5.86. The summed E-state index contributed by atoms with van der Waals surface area (Å²) in [4.78, 5) is 10.5. The van der Waals surface area contributed by atoms with Crippen LogP contribution >= 0.6 is 0 Å². The Morgan fingerprint density at radius 2 is 2.29 bits per heavy atom. The van der Waals surface area contributed by atoms with Gasteiger partial charge in [0.1, 0.15) is 0 Å². The van der Waals surface area contributed by atoms with Crippen molar-refractivity contribution in [3.05, 3.63) is 0 Å². The molecule has 0 fully saturated rings. The SMILES string of the molecule is BB(C)C(=O)BC. The first kappa shape index (κ1) is 6.86. The minimum Gasteiger partial charge on any atom is -0.323 e. The fraction of sp³-hybridized carbons (Fsp3) is 0.667. The van der Waals surface area contributed by atoms with E-state index in [0.717, 1.165) is 0 Å². The molecular weight excluding hydrogens is 84.5 g/mol. The van der Waals surface area contributed by atoms with E-state index in [0.29, 0.717) is 12.9 Å². The number of hydrogen-bond acceptors (Lipinski definition) is 1. The molecule has 0 aliphatic carbocycles. The van der Waals surface area contributed by atoms with Crippen LogP contribution < -0.4 is 0 Å². The van der Waals surface area contributed by atoms with Crippen LogP contribution in [-0.2, 0) is 0 Å². The van der Waals surface area contributed by atoms with Crippen molar-refractivity contribution in [2.24, 2.45) is 0 Å². The average molecular weight is 93.5 g/mol. The van der Waals surface area contributed by atoms with Crippen LogP contribution in [0, 0.1) is 0 Å². The van der Waals surface area contributed by atoms with Crippen molar-refractivity contribution in [2.45, 2.75) is 13.6 Å². The molecule has 0 saturated heterocycles. The zero-order valence-corrected chi connectivity index (χ0v) is 5.19. The quantitative estimate of drug-likeness (QED) is 0.418. The van der Waals surface area contributed by atoms with E-state index in [2.05, 4.69) is 0 Å². The zero-order valence-electron chi connectivity index (χ0n) is 5.19. The van der Waals surface area contributed by atoms with Crippen molar-refractivity contribution in [1.29, 1.82) is 0 Å². The first-order valence-electron chi connectivity index (χ1n) is 2.71. The summed E-state index contributed by atoms with van der Waals surface area (Å²) >= 11 is 0. The standard InChI is InChI=1S/C3H9B3O/c1-5-3(7)6(2)4/h5H,4H2,1-2H3. The van der Waals surface area contributed by atoms with Crippen molar-refractivity contribution in [3.8, 4) is 0 Å². The van der Waals surface area contributed by atoms with Crippen LogP contribution in [0.2, 0.25) is 13.6 Å². The normalized spacial score (nSPS) is 7.71. The molecule has 7 heavy (non-hydrogen) atoms. The molecule has 0 atom stereocenters. The highest BCUT2D eigenvalue weighted by Crippen LogP contribution is 1.76. The number of rotatable bonds is 2. The molecule has 0 heterocycles. The molecule has 0 spiro atoms. The van der Waals surface area contributed by atoms with Gasteiger partial charge in [0, 0.05) is 5.58 Å². The Morgan fingerprint density at radius 1 is 1.86 bits per heavy atom. The lowest BCUT2D eigenvalue weighted by Crippen LogP contribution is -2.24. The molecule has 0 aromatic rings. The summed E-state index contributed by atoms with van der Waals surface area (Å²) in [6.07, 6.45) is 0. The molecule has 0 amide bonds. The van der Waals surface area contributed by atoms with Crippen molar-refractivity contribution < 1.29 is 4.79 Å². The number of carbonyl (C=O) groups excluding carboxylic acids is 1. The Balaban J connectivity index is 3.35. The summed E-state index contributed by atoms with van der Waals surface area (Å²) in [6, 6.07) is 0. The van der Waals surface area contributed by atoms with Crippen LogP contribution in [0.1, 0.15) is 0 Å². The maximum atomic E-state index is 10.5. The molecular formula is C3H9B3O. The van der Waals surface area contributed by atoms with E-state index in [9.17, 15) is 4.79 Å². The first-order chi connectivity index (χ1) is 3.18. The molecule has 0 aromatic carbocycles. The molecule has 0 rings (SSSR count). The fourth-order valence-corrected chi connectivity index (χ4v) is 0.408. The summed E-state index contributed by atoms with van der Waals surface area (Å²) < 4.78 is 0. The van der Waals surface area contributed by atoms with Gasteiger partial charge in [-0.15, -0.1) is 0 Å². The van der Waals surface area contributed by atoms with Crippen molar-refractivity contribution in [1.82, 2.24) is 0 Å². The third-order valence-corrected chi connectivity index (χ3v) is 0.992.